The van der Waals surface area contributed by atoms with Crippen LogP contribution in [-0.4, -0.2) is 52.0 Å². The first kappa shape index (κ1) is 18.4. The summed E-state index contributed by atoms with van der Waals surface area (Å²) in [5.41, 5.74) is 3.97. The van der Waals surface area contributed by atoms with E-state index < -0.39 is 0 Å². The maximum atomic E-state index is 6.52. The maximum absolute atomic E-state index is 6.52. The Bertz CT molecular complexity index is 1160. The number of nitrogens with zero attached hydrogens (tertiary/aromatic N) is 2. The topological polar surface area (TPSA) is 85.0 Å². The Morgan fingerprint density at radius 3 is 2.93 bits per heavy atom. The Hall–Kier alpha value is -2.61. The maximum Gasteiger partial charge on any atom is 0.296 e. The molecule has 29 heavy (non-hydrogen) atoms. The van der Waals surface area contributed by atoms with Gasteiger partial charge in [0, 0.05) is 29.3 Å². The normalized spacial score (nSPS) is 19.4. The number of aromatic amines is 2. The van der Waals surface area contributed by atoms with E-state index in [0.717, 1.165) is 28.4 Å². The van der Waals surface area contributed by atoms with Crippen molar-refractivity contribution in [2.75, 3.05) is 19.8 Å². The number of hydrogen-bond acceptors (Lipinski definition) is 5. The lowest BCUT2D eigenvalue weighted by molar-refractivity contribution is -0.00235. The van der Waals surface area contributed by atoms with Gasteiger partial charge in [0.2, 0.25) is 0 Å². The number of fused-ring (bicyclic) bond motifs is 2. The third kappa shape index (κ3) is 3.57. The average molecular weight is 413 g/mol. The van der Waals surface area contributed by atoms with E-state index in [4.69, 9.17) is 25.8 Å². The smallest absolute Gasteiger partial charge is 0.296 e. The summed E-state index contributed by atoms with van der Waals surface area (Å²) < 4.78 is 17.3. The molecule has 1 fully saturated rings. The van der Waals surface area contributed by atoms with Crippen LogP contribution in [0.3, 0.4) is 0 Å². The molecular weight excluding hydrogens is 392 g/mol. The fourth-order valence-corrected chi connectivity index (χ4v) is 3.81. The quantitative estimate of drug-likeness (QED) is 0.492. The molecule has 1 aromatic carbocycles. The van der Waals surface area contributed by atoms with Crippen LogP contribution in [-0.2, 0) is 9.47 Å². The molecule has 5 rings (SSSR count). The van der Waals surface area contributed by atoms with Gasteiger partial charge < -0.3 is 24.2 Å². The zero-order chi connectivity index (χ0) is 19.8. The monoisotopic (exact) mass is 412 g/mol. The van der Waals surface area contributed by atoms with Crippen LogP contribution in [0.2, 0.25) is 5.02 Å². The molecule has 2 N–H and O–H groups in total. The molecule has 150 valence electrons. The number of pyridine rings is 1. The lowest BCUT2D eigenvalue weighted by atomic mass is 10.1. The summed E-state index contributed by atoms with van der Waals surface area (Å²) in [5.74, 6) is 0. The van der Waals surface area contributed by atoms with Crippen molar-refractivity contribution >= 4 is 33.7 Å². The molecule has 1 saturated heterocycles. The number of nitrogens with one attached hydrogen (secondary N) is 2. The summed E-state index contributed by atoms with van der Waals surface area (Å²) in [5, 5.41) is 1.65. The predicted molar refractivity (Wildman–Crippen MR) is 111 cm³/mol. The van der Waals surface area contributed by atoms with E-state index in [2.05, 4.69) is 32.9 Å². The van der Waals surface area contributed by atoms with Crippen LogP contribution in [0.5, 0.6) is 6.01 Å². The Balaban J connectivity index is 1.43. The van der Waals surface area contributed by atoms with Gasteiger partial charge >= 0.3 is 0 Å². The highest BCUT2D eigenvalue weighted by Gasteiger charge is 2.31. The Morgan fingerprint density at radius 1 is 1.14 bits per heavy atom. The minimum absolute atomic E-state index is 0.0941. The lowest BCUT2D eigenvalue weighted by Gasteiger charge is -2.17. The Kier molecular flexibility index (Phi) is 4.87. The minimum Gasteiger partial charge on any atom is -0.456 e. The van der Waals surface area contributed by atoms with Gasteiger partial charge in [-0.25, -0.2) is 4.98 Å². The summed E-state index contributed by atoms with van der Waals surface area (Å²) in [4.78, 5) is 15.5. The number of halogens is 1. The Morgan fingerprint density at radius 2 is 2.03 bits per heavy atom. The third-order valence-electron chi connectivity index (χ3n) is 5.01. The van der Waals surface area contributed by atoms with Crippen molar-refractivity contribution < 1.29 is 14.2 Å². The number of benzene rings is 1. The zero-order valence-electron chi connectivity index (χ0n) is 15.9. The van der Waals surface area contributed by atoms with Crippen LogP contribution in [0.1, 0.15) is 13.3 Å². The molecule has 1 aliphatic heterocycles. The number of imidazole rings is 1. The van der Waals surface area contributed by atoms with E-state index >= 15 is 0 Å². The summed E-state index contributed by atoms with van der Waals surface area (Å²) in [7, 11) is 0. The highest BCUT2D eigenvalue weighted by molar-refractivity contribution is 6.33. The van der Waals surface area contributed by atoms with Crippen LogP contribution in [0, 0.1) is 0 Å². The molecule has 1 aliphatic rings. The molecule has 0 bridgehead atoms. The van der Waals surface area contributed by atoms with Gasteiger partial charge in [-0.3, -0.25) is 0 Å². The number of hydrogen-bond donors (Lipinski definition) is 2. The predicted octanol–water partition coefficient (Wildman–Crippen LogP) is 4.33. The molecule has 3 aromatic heterocycles. The molecule has 0 spiro atoms. The van der Waals surface area contributed by atoms with Gasteiger partial charge in [0.25, 0.3) is 6.01 Å². The van der Waals surface area contributed by atoms with E-state index in [0.29, 0.717) is 42.2 Å². The Labute approximate surface area is 172 Å². The number of ether oxygens (including phenoxy) is 3. The van der Waals surface area contributed by atoms with E-state index in [9.17, 15) is 0 Å². The SMILES string of the molecule is CCCO[C@H]1COCC1Oc1nc2nc(-c3ccc4[nH]ccc4c3)c(Cl)cc2[nH]1. The molecule has 8 heteroatoms. The average Bonchev–Trinajstić information content (AvgIpc) is 3.44. The van der Waals surface area contributed by atoms with E-state index in [-0.39, 0.29) is 12.2 Å². The summed E-state index contributed by atoms with van der Waals surface area (Å²) >= 11 is 6.52. The fourth-order valence-electron chi connectivity index (χ4n) is 3.55. The molecule has 1 unspecified atom stereocenters. The second-order valence-corrected chi connectivity index (χ2v) is 7.52. The van der Waals surface area contributed by atoms with Gasteiger partial charge in [-0.1, -0.05) is 24.6 Å². The zero-order valence-corrected chi connectivity index (χ0v) is 16.7. The minimum atomic E-state index is -0.201. The van der Waals surface area contributed by atoms with Gasteiger partial charge in [0.15, 0.2) is 11.8 Å². The number of H-pyrrole nitrogens is 2. The second kappa shape index (κ2) is 7.67. The molecule has 0 saturated carbocycles. The van der Waals surface area contributed by atoms with Crippen molar-refractivity contribution in [3.8, 4) is 17.3 Å². The molecule has 4 heterocycles. The van der Waals surface area contributed by atoms with Gasteiger partial charge in [-0.2, -0.15) is 4.98 Å². The molecule has 4 aromatic rings. The molecular formula is C21H21ClN4O3. The molecule has 0 amide bonds. The van der Waals surface area contributed by atoms with Crippen molar-refractivity contribution in [3.05, 3.63) is 41.6 Å². The summed E-state index contributed by atoms with van der Waals surface area (Å²) in [6.45, 7) is 3.76. The fraction of sp³-hybridized carbons (Fsp3) is 0.333. The first-order valence-corrected chi connectivity index (χ1v) is 10.1. The number of aromatic nitrogens is 4. The summed E-state index contributed by atoms with van der Waals surface area (Å²) in [6, 6.07) is 10.3. The van der Waals surface area contributed by atoms with Crippen LogP contribution in [0.25, 0.3) is 33.3 Å². The van der Waals surface area contributed by atoms with Crippen molar-refractivity contribution in [1.29, 1.82) is 0 Å². The first-order valence-electron chi connectivity index (χ1n) is 9.71. The van der Waals surface area contributed by atoms with Crippen molar-refractivity contribution in [2.24, 2.45) is 0 Å². The van der Waals surface area contributed by atoms with Gasteiger partial charge in [-0.15, -0.1) is 0 Å². The van der Waals surface area contributed by atoms with Crippen LogP contribution < -0.4 is 4.74 Å². The van der Waals surface area contributed by atoms with Crippen LogP contribution >= 0.6 is 11.6 Å². The number of rotatable bonds is 6. The van der Waals surface area contributed by atoms with Gasteiger partial charge in [0.1, 0.15) is 6.10 Å². The first-order chi connectivity index (χ1) is 14.2. The summed E-state index contributed by atoms with van der Waals surface area (Å²) in [6.07, 6.45) is 2.57. The molecule has 7 nitrogen and oxygen atoms in total. The molecule has 0 aliphatic carbocycles. The van der Waals surface area contributed by atoms with Crippen molar-refractivity contribution in [1.82, 2.24) is 19.9 Å². The van der Waals surface area contributed by atoms with Gasteiger partial charge in [-0.05, 0) is 30.7 Å². The van der Waals surface area contributed by atoms with Crippen LogP contribution in [0.4, 0.5) is 0 Å². The third-order valence-corrected chi connectivity index (χ3v) is 5.30. The van der Waals surface area contributed by atoms with E-state index in [1.165, 1.54) is 0 Å². The van der Waals surface area contributed by atoms with Gasteiger partial charge in [0.05, 0.1) is 29.4 Å². The molecule has 0 radical (unpaired) electrons. The standard InChI is InChI=1S/C21H21ClN4O3/c1-2-7-28-17-10-27-11-18(17)29-21-24-16-9-14(22)19(25-20(16)26-21)13-3-4-15-12(8-13)5-6-23-15/h3-6,8-9,17-18,23H,2,7,10-11H2,1H3,(H,24,25,26)/t17-,18?/m0/s1. The van der Waals surface area contributed by atoms with Crippen LogP contribution in [0.15, 0.2) is 36.5 Å². The molecule has 2 atom stereocenters. The van der Waals surface area contributed by atoms with Crippen molar-refractivity contribution in [3.63, 3.8) is 0 Å². The van der Waals surface area contributed by atoms with Crippen molar-refractivity contribution in [2.45, 2.75) is 25.6 Å². The lowest BCUT2D eigenvalue weighted by Crippen LogP contribution is -2.33. The van der Waals surface area contributed by atoms with E-state index in [1.807, 2.05) is 30.5 Å². The largest absolute Gasteiger partial charge is 0.456 e. The van der Waals surface area contributed by atoms with E-state index in [1.54, 1.807) is 0 Å². The second-order valence-electron chi connectivity index (χ2n) is 7.11. The highest BCUT2D eigenvalue weighted by Crippen LogP contribution is 2.31. The highest BCUT2D eigenvalue weighted by atomic mass is 35.5.